The van der Waals surface area contributed by atoms with Gasteiger partial charge in [0.1, 0.15) is 11.4 Å². The molecule has 0 radical (unpaired) electrons. The summed E-state index contributed by atoms with van der Waals surface area (Å²) in [4.78, 5) is 20.0. The molecule has 0 aliphatic rings. The van der Waals surface area contributed by atoms with E-state index in [1.54, 1.807) is 30.6 Å². The minimum atomic E-state index is -0.198. The molecule has 3 aromatic rings. The van der Waals surface area contributed by atoms with Crippen LogP contribution in [0.25, 0.3) is 11.0 Å². The minimum absolute atomic E-state index is 0.198. The van der Waals surface area contributed by atoms with Gasteiger partial charge in [0.2, 0.25) is 5.78 Å². The number of ether oxygens (including phenoxy) is 1. The zero-order valence-corrected chi connectivity index (χ0v) is 12.8. The Morgan fingerprint density at radius 1 is 1.43 bits per heavy atom. The summed E-state index contributed by atoms with van der Waals surface area (Å²) < 4.78 is 6.05. The Bertz CT molecular complexity index is 842. The van der Waals surface area contributed by atoms with Gasteiger partial charge in [-0.2, -0.15) is 0 Å². The summed E-state index contributed by atoms with van der Waals surface area (Å²) in [6.45, 7) is 0. The first kappa shape index (κ1) is 13.6. The Morgan fingerprint density at radius 3 is 3.00 bits per heavy atom. The fourth-order valence-corrected chi connectivity index (χ4v) is 2.59. The number of halogens is 1. The van der Waals surface area contributed by atoms with Gasteiger partial charge in [0, 0.05) is 33.5 Å². The number of ketones is 1. The number of rotatable bonds is 3. The predicted molar refractivity (Wildman–Crippen MR) is 84.6 cm³/mol. The Hall–Kier alpha value is -2.34. The van der Waals surface area contributed by atoms with Crippen LogP contribution in [0.2, 0.25) is 0 Å². The quantitative estimate of drug-likeness (QED) is 0.564. The Morgan fingerprint density at radius 2 is 2.24 bits per heavy atom. The minimum Gasteiger partial charge on any atom is -0.496 e. The van der Waals surface area contributed by atoms with E-state index >= 15 is 0 Å². The van der Waals surface area contributed by atoms with Crippen LogP contribution in [0.3, 0.4) is 0 Å². The summed E-state index contributed by atoms with van der Waals surface area (Å²) in [5.74, 6) is 0.258. The standard InChI is InChI=1S/C15H12BrN3O2/c1-21-12-4-2-3-11(17)13(12)14(20)10-7-19-15-9(10)5-8(16)6-18-15/h2-7H,17H2,1H3,(H,18,19). The second kappa shape index (κ2) is 5.21. The van der Waals surface area contributed by atoms with Gasteiger partial charge >= 0.3 is 0 Å². The highest BCUT2D eigenvalue weighted by Crippen LogP contribution is 2.30. The first-order valence-corrected chi connectivity index (χ1v) is 7.01. The maximum atomic E-state index is 12.8. The average molecular weight is 346 g/mol. The van der Waals surface area contributed by atoms with E-state index in [2.05, 4.69) is 25.9 Å². The number of hydrogen-bond donors (Lipinski definition) is 2. The molecule has 0 amide bonds. The highest BCUT2D eigenvalue weighted by atomic mass is 79.9. The van der Waals surface area contributed by atoms with Crippen LogP contribution in [0.5, 0.6) is 5.75 Å². The number of H-pyrrole nitrogens is 1. The number of anilines is 1. The molecule has 0 fully saturated rings. The lowest BCUT2D eigenvalue weighted by atomic mass is 10.0. The molecule has 21 heavy (non-hydrogen) atoms. The Labute approximate surface area is 129 Å². The molecule has 0 spiro atoms. The van der Waals surface area contributed by atoms with Crippen molar-refractivity contribution >= 4 is 38.4 Å². The van der Waals surface area contributed by atoms with E-state index in [9.17, 15) is 4.79 Å². The third kappa shape index (κ3) is 2.27. The number of nitrogens with two attached hydrogens (primary N) is 1. The summed E-state index contributed by atoms with van der Waals surface area (Å²) in [6.07, 6.45) is 3.31. The van der Waals surface area contributed by atoms with Gasteiger partial charge in [0.25, 0.3) is 0 Å². The zero-order valence-electron chi connectivity index (χ0n) is 11.2. The molecule has 2 heterocycles. The molecule has 0 atom stereocenters. The van der Waals surface area contributed by atoms with Gasteiger partial charge in [-0.3, -0.25) is 4.79 Å². The van der Waals surface area contributed by atoms with Crippen LogP contribution >= 0.6 is 15.9 Å². The largest absolute Gasteiger partial charge is 0.496 e. The van der Waals surface area contributed by atoms with Crippen molar-refractivity contribution in [2.75, 3.05) is 12.8 Å². The maximum absolute atomic E-state index is 12.8. The smallest absolute Gasteiger partial charge is 0.201 e. The molecule has 0 aliphatic heterocycles. The highest BCUT2D eigenvalue weighted by molar-refractivity contribution is 9.10. The fraction of sp³-hybridized carbons (Fsp3) is 0.0667. The van der Waals surface area contributed by atoms with Gasteiger partial charge in [0.15, 0.2) is 0 Å². The monoisotopic (exact) mass is 345 g/mol. The van der Waals surface area contributed by atoms with Gasteiger partial charge in [-0.1, -0.05) is 6.07 Å². The number of nitrogen functional groups attached to an aromatic ring is 1. The van der Waals surface area contributed by atoms with Crippen molar-refractivity contribution in [2.24, 2.45) is 0 Å². The lowest BCUT2D eigenvalue weighted by molar-refractivity contribution is 0.103. The predicted octanol–water partition coefficient (Wildman–Crippen LogP) is 3.15. The second-order valence-electron chi connectivity index (χ2n) is 4.51. The Balaban J connectivity index is 2.20. The number of nitrogens with zero attached hydrogens (tertiary/aromatic N) is 1. The molecule has 3 N–H and O–H groups in total. The molecule has 5 nitrogen and oxygen atoms in total. The number of aromatic nitrogens is 2. The molecule has 6 heteroatoms. The SMILES string of the molecule is COc1cccc(N)c1C(=O)c1c[nH]c2ncc(Br)cc12. The number of benzene rings is 1. The molecular formula is C15H12BrN3O2. The van der Waals surface area contributed by atoms with Crippen LogP contribution in [0.4, 0.5) is 5.69 Å². The molecule has 0 saturated heterocycles. The van der Waals surface area contributed by atoms with Gasteiger partial charge in [-0.05, 0) is 34.1 Å². The van der Waals surface area contributed by atoms with E-state index in [0.717, 1.165) is 9.86 Å². The van der Waals surface area contributed by atoms with Crippen LogP contribution < -0.4 is 10.5 Å². The van der Waals surface area contributed by atoms with E-state index < -0.39 is 0 Å². The van der Waals surface area contributed by atoms with E-state index in [0.29, 0.717) is 28.2 Å². The molecule has 0 aliphatic carbocycles. The van der Waals surface area contributed by atoms with E-state index in [1.807, 2.05) is 6.07 Å². The third-order valence-corrected chi connectivity index (χ3v) is 3.68. The number of pyridine rings is 1. The van der Waals surface area contributed by atoms with Crippen molar-refractivity contribution < 1.29 is 9.53 Å². The molecule has 2 aromatic heterocycles. The van der Waals surface area contributed by atoms with Crippen molar-refractivity contribution in [3.8, 4) is 5.75 Å². The van der Waals surface area contributed by atoms with Gasteiger partial charge in [-0.15, -0.1) is 0 Å². The summed E-state index contributed by atoms with van der Waals surface area (Å²) >= 11 is 3.36. The van der Waals surface area contributed by atoms with Crippen molar-refractivity contribution in [3.63, 3.8) is 0 Å². The van der Waals surface area contributed by atoms with Gasteiger partial charge < -0.3 is 15.5 Å². The molecule has 3 rings (SSSR count). The lowest BCUT2D eigenvalue weighted by Gasteiger charge is -2.09. The van der Waals surface area contributed by atoms with Crippen LogP contribution in [0.1, 0.15) is 15.9 Å². The van der Waals surface area contributed by atoms with E-state index in [-0.39, 0.29) is 5.78 Å². The number of methoxy groups -OCH3 is 1. The summed E-state index contributed by atoms with van der Waals surface area (Å²) in [5.41, 5.74) is 7.85. The zero-order chi connectivity index (χ0) is 15.0. The summed E-state index contributed by atoms with van der Waals surface area (Å²) in [6, 6.07) is 6.99. The third-order valence-electron chi connectivity index (χ3n) is 3.25. The number of carbonyl (C=O) groups is 1. The first-order valence-electron chi connectivity index (χ1n) is 6.21. The van der Waals surface area contributed by atoms with Gasteiger partial charge in [-0.25, -0.2) is 4.98 Å². The number of aromatic amines is 1. The molecule has 0 saturated carbocycles. The van der Waals surface area contributed by atoms with E-state index in [1.165, 1.54) is 7.11 Å². The van der Waals surface area contributed by atoms with Crippen molar-refractivity contribution in [1.29, 1.82) is 0 Å². The fourth-order valence-electron chi connectivity index (χ4n) is 2.26. The number of carbonyl (C=O) groups excluding carboxylic acids is 1. The van der Waals surface area contributed by atoms with Crippen LogP contribution in [0, 0.1) is 0 Å². The topological polar surface area (TPSA) is 81.0 Å². The molecule has 0 bridgehead atoms. The van der Waals surface area contributed by atoms with E-state index in [4.69, 9.17) is 10.5 Å². The number of fused-ring (bicyclic) bond motifs is 1. The summed E-state index contributed by atoms with van der Waals surface area (Å²) in [7, 11) is 1.51. The van der Waals surface area contributed by atoms with Crippen LogP contribution in [0.15, 0.2) is 41.1 Å². The molecular weight excluding hydrogens is 334 g/mol. The van der Waals surface area contributed by atoms with Crippen LogP contribution in [-0.2, 0) is 0 Å². The lowest BCUT2D eigenvalue weighted by Crippen LogP contribution is -2.07. The maximum Gasteiger partial charge on any atom is 0.201 e. The Kier molecular flexibility index (Phi) is 3.39. The van der Waals surface area contributed by atoms with Crippen molar-refractivity contribution in [3.05, 3.63) is 52.3 Å². The normalized spacial score (nSPS) is 10.8. The van der Waals surface area contributed by atoms with Crippen LogP contribution in [-0.4, -0.2) is 22.9 Å². The summed E-state index contributed by atoms with van der Waals surface area (Å²) in [5, 5.41) is 0.736. The number of hydrogen-bond acceptors (Lipinski definition) is 4. The van der Waals surface area contributed by atoms with Gasteiger partial charge in [0.05, 0.1) is 12.7 Å². The first-order chi connectivity index (χ1) is 10.1. The van der Waals surface area contributed by atoms with Crippen molar-refractivity contribution in [1.82, 2.24) is 9.97 Å². The van der Waals surface area contributed by atoms with Crippen molar-refractivity contribution in [2.45, 2.75) is 0 Å². The second-order valence-corrected chi connectivity index (χ2v) is 5.42. The highest BCUT2D eigenvalue weighted by Gasteiger charge is 2.21. The molecule has 0 unspecified atom stereocenters. The molecule has 1 aromatic carbocycles. The average Bonchev–Trinajstić information content (AvgIpc) is 2.89. The number of nitrogens with one attached hydrogen (secondary N) is 1. The molecule has 106 valence electrons.